The van der Waals surface area contributed by atoms with Gasteiger partial charge in [0.25, 0.3) is 17.7 Å². The van der Waals surface area contributed by atoms with Crippen LogP contribution < -0.4 is 5.32 Å². The summed E-state index contributed by atoms with van der Waals surface area (Å²) in [7, 11) is 1.86. The fraction of sp³-hybridized carbons (Fsp3) is 0.320. The molecule has 1 N–H and O–H groups in total. The molecule has 1 aliphatic carbocycles. The third-order valence-electron chi connectivity index (χ3n) is 6.14. The fourth-order valence-corrected chi connectivity index (χ4v) is 4.47. The topological polar surface area (TPSA) is 69.7 Å². The first-order valence-corrected chi connectivity index (χ1v) is 11.3. The molecule has 0 spiro atoms. The van der Waals surface area contributed by atoms with Crippen LogP contribution in [0.4, 0.5) is 5.69 Å². The minimum Gasteiger partial charge on any atom is -0.350 e. The van der Waals surface area contributed by atoms with Gasteiger partial charge in [-0.1, -0.05) is 61.2 Å². The van der Waals surface area contributed by atoms with Crippen molar-refractivity contribution in [3.05, 3.63) is 76.5 Å². The normalized spacial score (nSPS) is 17.1. The van der Waals surface area contributed by atoms with Crippen LogP contribution in [0.15, 0.2) is 65.3 Å². The van der Waals surface area contributed by atoms with Crippen molar-refractivity contribution in [2.45, 2.75) is 44.7 Å². The van der Waals surface area contributed by atoms with Crippen LogP contribution in [0.5, 0.6) is 0 Å². The summed E-state index contributed by atoms with van der Waals surface area (Å²) in [5.41, 5.74) is 2.05. The van der Waals surface area contributed by atoms with E-state index in [1.54, 1.807) is 24.3 Å². The molecule has 1 fully saturated rings. The lowest BCUT2D eigenvalue weighted by Gasteiger charge is -2.31. The first-order chi connectivity index (χ1) is 15.5. The molecule has 2 aliphatic rings. The number of rotatable bonds is 6. The SMILES string of the molecule is CN(C(=O)c1ccc(NC2=C(Cl)C(=O)N(Cc3ccccc3)C2=O)cc1)C1CCCCC1. The van der Waals surface area contributed by atoms with Gasteiger partial charge in [0.15, 0.2) is 0 Å². The van der Waals surface area contributed by atoms with Gasteiger partial charge < -0.3 is 10.2 Å². The van der Waals surface area contributed by atoms with E-state index in [0.717, 1.165) is 36.1 Å². The Morgan fingerprint density at radius 3 is 2.31 bits per heavy atom. The van der Waals surface area contributed by atoms with Gasteiger partial charge in [-0.15, -0.1) is 0 Å². The number of halogens is 1. The van der Waals surface area contributed by atoms with Crippen molar-refractivity contribution in [2.24, 2.45) is 0 Å². The molecule has 0 aromatic heterocycles. The molecular weight excluding hydrogens is 426 g/mol. The third kappa shape index (κ3) is 4.55. The smallest absolute Gasteiger partial charge is 0.279 e. The van der Waals surface area contributed by atoms with E-state index in [4.69, 9.17) is 11.6 Å². The number of amides is 3. The van der Waals surface area contributed by atoms with Crippen molar-refractivity contribution in [1.82, 2.24) is 9.80 Å². The highest BCUT2D eigenvalue weighted by atomic mass is 35.5. The molecule has 1 aliphatic heterocycles. The second-order valence-electron chi connectivity index (χ2n) is 8.28. The molecule has 7 heteroatoms. The summed E-state index contributed by atoms with van der Waals surface area (Å²) >= 11 is 6.19. The van der Waals surface area contributed by atoms with Crippen molar-refractivity contribution >= 4 is 35.0 Å². The molecule has 0 saturated heterocycles. The van der Waals surface area contributed by atoms with Crippen LogP contribution >= 0.6 is 11.6 Å². The summed E-state index contributed by atoms with van der Waals surface area (Å²) in [5.74, 6) is -1.01. The lowest BCUT2D eigenvalue weighted by molar-refractivity contribution is -0.138. The standard InChI is InChI=1S/C25H26ClN3O3/c1-28(20-10-6-3-7-11-20)23(30)18-12-14-19(15-13-18)27-22-21(26)24(31)29(25(22)32)16-17-8-4-2-5-9-17/h2,4-5,8-9,12-15,20,27H,3,6-7,10-11,16H2,1H3. The molecule has 0 unspecified atom stereocenters. The quantitative estimate of drug-likeness (QED) is 0.655. The van der Waals surface area contributed by atoms with Crippen molar-refractivity contribution in [1.29, 1.82) is 0 Å². The molecule has 32 heavy (non-hydrogen) atoms. The van der Waals surface area contributed by atoms with Crippen molar-refractivity contribution < 1.29 is 14.4 Å². The molecule has 1 heterocycles. The van der Waals surface area contributed by atoms with Gasteiger partial charge in [0, 0.05) is 24.3 Å². The predicted octanol–water partition coefficient (Wildman–Crippen LogP) is 4.52. The third-order valence-corrected chi connectivity index (χ3v) is 6.49. The van der Waals surface area contributed by atoms with Crippen LogP contribution in [0.25, 0.3) is 0 Å². The minimum absolute atomic E-state index is 0.0122. The maximum Gasteiger partial charge on any atom is 0.279 e. The Labute approximate surface area is 192 Å². The van der Waals surface area contributed by atoms with Crippen molar-refractivity contribution in [2.75, 3.05) is 12.4 Å². The van der Waals surface area contributed by atoms with Crippen LogP contribution in [0, 0.1) is 0 Å². The predicted molar refractivity (Wildman–Crippen MR) is 124 cm³/mol. The van der Waals surface area contributed by atoms with Gasteiger partial charge >= 0.3 is 0 Å². The first-order valence-electron chi connectivity index (χ1n) is 10.9. The maximum absolute atomic E-state index is 12.8. The van der Waals surface area contributed by atoms with Gasteiger partial charge in [-0.3, -0.25) is 19.3 Å². The van der Waals surface area contributed by atoms with E-state index in [2.05, 4.69) is 5.32 Å². The molecule has 2 aromatic rings. The number of benzene rings is 2. The molecule has 0 radical (unpaired) electrons. The van der Waals surface area contributed by atoms with E-state index in [1.165, 1.54) is 6.42 Å². The van der Waals surface area contributed by atoms with E-state index in [1.807, 2.05) is 42.3 Å². The van der Waals surface area contributed by atoms with Crippen LogP contribution in [-0.4, -0.2) is 40.6 Å². The highest BCUT2D eigenvalue weighted by Crippen LogP contribution is 2.28. The highest BCUT2D eigenvalue weighted by Gasteiger charge is 2.37. The number of carbonyl (C=O) groups excluding carboxylic acids is 3. The Balaban J connectivity index is 1.43. The van der Waals surface area contributed by atoms with Gasteiger partial charge in [0.05, 0.1) is 6.54 Å². The lowest BCUT2D eigenvalue weighted by Crippen LogP contribution is -2.38. The van der Waals surface area contributed by atoms with Gasteiger partial charge in [0.1, 0.15) is 10.7 Å². The molecule has 2 aromatic carbocycles. The van der Waals surface area contributed by atoms with Crippen molar-refractivity contribution in [3.8, 4) is 0 Å². The van der Waals surface area contributed by atoms with E-state index in [0.29, 0.717) is 11.3 Å². The van der Waals surface area contributed by atoms with Crippen LogP contribution in [0.1, 0.15) is 48.0 Å². The highest BCUT2D eigenvalue weighted by molar-refractivity contribution is 6.48. The molecule has 0 atom stereocenters. The van der Waals surface area contributed by atoms with Crippen LogP contribution in [0.2, 0.25) is 0 Å². The number of hydrogen-bond donors (Lipinski definition) is 1. The molecular formula is C25H26ClN3O3. The lowest BCUT2D eigenvalue weighted by atomic mass is 9.94. The zero-order valence-electron chi connectivity index (χ0n) is 18.0. The summed E-state index contributed by atoms with van der Waals surface area (Å²) in [4.78, 5) is 41.1. The maximum atomic E-state index is 12.8. The Morgan fingerprint density at radius 1 is 1.00 bits per heavy atom. The summed E-state index contributed by atoms with van der Waals surface area (Å²) in [6.07, 6.45) is 5.65. The number of anilines is 1. The molecule has 0 bridgehead atoms. The summed E-state index contributed by atoms with van der Waals surface area (Å²) in [6, 6.07) is 16.4. The number of hydrogen-bond acceptors (Lipinski definition) is 4. The summed E-state index contributed by atoms with van der Waals surface area (Å²) in [5, 5.41) is 2.82. The largest absolute Gasteiger partial charge is 0.350 e. The van der Waals surface area contributed by atoms with Crippen LogP contribution in [0.3, 0.4) is 0 Å². The summed E-state index contributed by atoms with van der Waals surface area (Å²) in [6.45, 7) is 0.154. The van der Waals surface area contributed by atoms with Crippen LogP contribution in [-0.2, 0) is 16.1 Å². The zero-order chi connectivity index (χ0) is 22.7. The number of nitrogens with zero attached hydrogens (tertiary/aromatic N) is 2. The molecule has 1 saturated carbocycles. The molecule has 166 valence electrons. The minimum atomic E-state index is -0.524. The molecule has 4 rings (SSSR count). The Bertz CT molecular complexity index is 1040. The fourth-order valence-electron chi connectivity index (χ4n) is 4.24. The molecule has 3 amide bonds. The van der Waals surface area contributed by atoms with Gasteiger partial charge in [0.2, 0.25) is 0 Å². The van der Waals surface area contributed by atoms with Gasteiger partial charge in [-0.2, -0.15) is 0 Å². The average Bonchev–Trinajstić information content (AvgIpc) is 3.03. The van der Waals surface area contributed by atoms with Crippen molar-refractivity contribution in [3.63, 3.8) is 0 Å². The van der Waals surface area contributed by atoms with E-state index < -0.39 is 11.8 Å². The Morgan fingerprint density at radius 2 is 1.66 bits per heavy atom. The first kappa shape index (κ1) is 22.1. The Kier molecular flexibility index (Phi) is 6.61. The zero-order valence-corrected chi connectivity index (χ0v) is 18.8. The second kappa shape index (κ2) is 9.57. The average molecular weight is 452 g/mol. The van der Waals surface area contributed by atoms with E-state index >= 15 is 0 Å². The van der Waals surface area contributed by atoms with Gasteiger partial charge in [-0.05, 0) is 42.7 Å². The van der Waals surface area contributed by atoms with Gasteiger partial charge in [-0.25, -0.2) is 0 Å². The van der Waals surface area contributed by atoms with E-state index in [-0.39, 0.29) is 29.2 Å². The monoisotopic (exact) mass is 451 g/mol. The van der Waals surface area contributed by atoms with E-state index in [9.17, 15) is 14.4 Å². The number of carbonyl (C=O) groups is 3. The molecule has 6 nitrogen and oxygen atoms in total. The second-order valence-corrected chi connectivity index (χ2v) is 8.66. The Hall–Kier alpha value is -3.12. The number of imide groups is 1. The summed E-state index contributed by atoms with van der Waals surface area (Å²) < 4.78 is 0. The number of nitrogens with one attached hydrogen (secondary N) is 1.